The third kappa shape index (κ3) is 3.67. The molecule has 0 aliphatic carbocycles. The summed E-state index contributed by atoms with van der Waals surface area (Å²) in [5.41, 5.74) is 1.45. The van der Waals surface area contributed by atoms with E-state index in [9.17, 15) is 0 Å². The van der Waals surface area contributed by atoms with E-state index in [1.54, 1.807) is 0 Å². The van der Waals surface area contributed by atoms with Gasteiger partial charge in [-0.25, -0.2) is 0 Å². The second-order valence-electron chi connectivity index (χ2n) is 4.49. The summed E-state index contributed by atoms with van der Waals surface area (Å²) >= 11 is 3.52. The Bertz CT molecular complexity index is 140. The standard InChI is InChI=1S/C11H25BrOSi/c1-6-13-14(10(2)3,11(4)5)9-7-8-12/h10-11H,6-9H2,1-5H3. The van der Waals surface area contributed by atoms with Gasteiger partial charge in [0.1, 0.15) is 0 Å². The monoisotopic (exact) mass is 280 g/mol. The Morgan fingerprint density at radius 2 is 1.64 bits per heavy atom. The maximum Gasteiger partial charge on any atom is 0.197 e. The van der Waals surface area contributed by atoms with Crippen LogP contribution in [0.2, 0.25) is 17.1 Å². The van der Waals surface area contributed by atoms with Crippen LogP contribution in [-0.4, -0.2) is 20.3 Å². The molecule has 0 atom stereocenters. The van der Waals surface area contributed by atoms with Crippen LogP contribution in [0.1, 0.15) is 41.0 Å². The Morgan fingerprint density at radius 1 is 1.14 bits per heavy atom. The smallest absolute Gasteiger partial charge is 0.197 e. The first-order valence-electron chi connectivity index (χ1n) is 5.71. The van der Waals surface area contributed by atoms with Crippen LogP contribution in [0.15, 0.2) is 0 Å². The summed E-state index contributed by atoms with van der Waals surface area (Å²) in [7, 11) is -1.50. The molecule has 0 aromatic heterocycles. The van der Waals surface area contributed by atoms with Crippen molar-refractivity contribution in [3.8, 4) is 0 Å². The zero-order valence-corrected chi connectivity index (χ0v) is 12.9. The molecule has 0 spiro atoms. The number of rotatable bonds is 7. The summed E-state index contributed by atoms with van der Waals surface area (Å²) in [5, 5.41) is 1.11. The SMILES string of the molecule is CCO[Si](CCCBr)(C(C)C)C(C)C. The van der Waals surface area contributed by atoms with Crippen LogP contribution >= 0.6 is 15.9 Å². The Hall–Kier alpha value is 0.657. The predicted octanol–water partition coefficient (Wildman–Crippen LogP) is 4.57. The van der Waals surface area contributed by atoms with Crippen molar-refractivity contribution in [2.24, 2.45) is 0 Å². The van der Waals surface area contributed by atoms with Crippen molar-refractivity contribution >= 4 is 24.2 Å². The average Bonchev–Trinajstić information content (AvgIpc) is 2.11. The molecule has 0 rings (SSSR count). The topological polar surface area (TPSA) is 9.23 Å². The molecular formula is C11H25BrOSi. The minimum absolute atomic E-state index is 0.724. The fourth-order valence-corrected chi connectivity index (χ4v) is 7.63. The predicted molar refractivity (Wildman–Crippen MR) is 70.8 cm³/mol. The molecule has 0 aromatic rings. The van der Waals surface area contributed by atoms with Crippen molar-refractivity contribution in [3.05, 3.63) is 0 Å². The maximum atomic E-state index is 6.17. The average molecular weight is 281 g/mol. The van der Waals surface area contributed by atoms with E-state index >= 15 is 0 Å². The fraction of sp³-hybridized carbons (Fsp3) is 1.00. The molecule has 0 bridgehead atoms. The Balaban J connectivity index is 4.56. The molecule has 86 valence electrons. The Kier molecular flexibility index (Phi) is 7.35. The van der Waals surface area contributed by atoms with Crippen molar-refractivity contribution < 1.29 is 4.43 Å². The lowest BCUT2D eigenvalue weighted by molar-refractivity contribution is 0.303. The fourth-order valence-electron chi connectivity index (χ4n) is 2.26. The minimum atomic E-state index is -1.50. The maximum absolute atomic E-state index is 6.17. The van der Waals surface area contributed by atoms with E-state index in [-0.39, 0.29) is 0 Å². The first-order chi connectivity index (χ1) is 6.51. The highest BCUT2D eigenvalue weighted by atomic mass is 79.9. The summed E-state index contributed by atoms with van der Waals surface area (Å²) < 4.78 is 6.17. The molecule has 3 heteroatoms. The van der Waals surface area contributed by atoms with Crippen LogP contribution in [0.5, 0.6) is 0 Å². The molecule has 0 radical (unpaired) electrons. The van der Waals surface area contributed by atoms with Crippen LogP contribution in [0, 0.1) is 0 Å². The van der Waals surface area contributed by atoms with Gasteiger partial charge < -0.3 is 4.43 Å². The molecule has 1 nitrogen and oxygen atoms in total. The highest BCUT2D eigenvalue weighted by Crippen LogP contribution is 2.37. The number of hydrogen-bond donors (Lipinski definition) is 0. The number of halogens is 1. The zero-order valence-electron chi connectivity index (χ0n) is 10.3. The summed E-state index contributed by atoms with van der Waals surface area (Å²) in [4.78, 5) is 0. The van der Waals surface area contributed by atoms with E-state index in [0.717, 1.165) is 23.0 Å². The van der Waals surface area contributed by atoms with Gasteiger partial charge in [-0.1, -0.05) is 43.6 Å². The molecule has 0 amide bonds. The van der Waals surface area contributed by atoms with Crippen LogP contribution < -0.4 is 0 Å². The molecule has 0 fully saturated rings. The van der Waals surface area contributed by atoms with Gasteiger partial charge in [-0.2, -0.15) is 0 Å². The van der Waals surface area contributed by atoms with Gasteiger partial charge >= 0.3 is 0 Å². The third-order valence-electron chi connectivity index (χ3n) is 3.07. The number of hydrogen-bond acceptors (Lipinski definition) is 1. The van der Waals surface area contributed by atoms with E-state index in [0.29, 0.717) is 0 Å². The first kappa shape index (κ1) is 14.7. The molecule has 0 aliphatic heterocycles. The van der Waals surface area contributed by atoms with Crippen molar-refractivity contribution in [2.75, 3.05) is 11.9 Å². The third-order valence-corrected chi connectivity index (χ3v) is 9.50. The van der Waals surface area contributed by atoms with Gasteiger partial charge in [0.2, 0.25) is 0 Å². The molecule has 14 heavy (non-hydrogen) atoms. The summed E-state index contributed by atoms with van der Waals surface area (Å²) in [6.07, 6.45) is 1.25. The van der Waals surface area contributed by atoms with Crippen LogP contribution in [0.25, 0.3) is 0 Å². The van der Waals surface area contributed by atoms with Crippen LogP contribution in [0.4, 0.5) is 0 Å². The van der Waals surface area contributed by atoms with E-state index < -0.39 is 8.32 Å². The summed E-state index contributed by atoms with van der Waals surface area (Å²) in [6, 6.07) is 1.29. The summed E-state index contributed by atoms with van der Waals surface area (Å²) in [5.74, 6) is 0. The lowest BCUT2D eigenvalue weighted by atomic mass is 10.5. The van der Waals surface area contributed by atoms with Gasteiger partial charge in [-0.3, -0.25) is 0 Å². The van der Waals surface area contributed by atoms with E-state index in [4.69, 9.17) is 4.43 Å². The van der Waals surface area contributed by atoms with Gasteiger partial charge in [0.25, 0.3) is 0 Å². The molecule has 0 aromatic carbocycles. The van der Waals surface area contributed by atoms with Crippen molar-refractivity contribution in [2.45, 2.75) is 58.2 Å². The lowest BCUT2D eigenvalue weighted by Gasteiger charge is -2.38. The highest BCUT2D eigenvalue weighted by Gasteiger charge is 2.40. The molecule has 0 N–H and O–H groups in total. The normalized spacial score (nSPS) is 12.9. The van der Waals surface area contributed by atoms with Gasteiger partial charge in [0, 0.05) is 11.9 Å². The van der Waals surface area contributed by atoms with E-state index in [1.165, 1.54) is 12.5 Å². The van der Waals surface area contributed by atoms with E-state index in [2.05, 4.69) is 50.5 Å². The lowest BCUT2D eigenvalue weighted by Crippen LogP contribution is -2.44. The Morgan fingerprint density at radius 3 is 1.93 bits per heavy atom. The highest BCUT2D eigenvalue weighted by molar-refractivity contribution is 9.09. The molecule has 0 unspecified atom stereocenters. The van der Waals surface area contributed by atoms with Crippen molar-refractivity contribution in [1.82, 2.24) is 0 Å². The van der Waals surface area contributed by atoms with Crippen molar-refractivity contribution in [3.63, 3.8) is 0 Å². The summed E-state index contributed by atoms with van der Waals surface area (Å²) in [6.45, 7) is 12.3. The molecule has 0 heterocycles. The number of alkyl halides is 1. The van der Waals surface area contributed by atoms with Gasteiger partial charge in [-0.15, -0.1) is 0 Å². The van der Waals surface area contributed by atoms with Crippen LogP contribution in [-0.2, 0) is 4.43 Å². The largest absolute Gasteiger partial charge is 0.417 e. The quantitative estimate of drug-likeness (QED) is 0.490. The molecule has 0 saturated carbocycles. The van der Waals surface area contributed by atoms with Gasteiger partial charge in [-0.05, 0) is 30.5 Å². The second kappa shape index (κ2) is 7.02. The molecule has 0 aliphatic rings. The second-order valence-corrected chi connectivity index (χ2v) is 10.3. The van der Waals surface area contributed by atoms with Gasteiger partial charge in [0.05, 0.1) is 0 Å². The minimum Gasteiger partial charge on any atom is -0.417 e. The molecular weight excluding hydrogens is 256 g/mol. The van der Waals surface area contributed by atoms with Crippen molar-refractivity contribution in [1.29, 1.82) is 0 Å². The van der Waals surface area contributed by atoms with Gasteiger partial charge in [0.15, 0.2) is 8.32 Å². The first-order valence-corrected chi connectivity index (χ1v) is 9.10. The van der Waals surface area contributed by atoms with E-state index in [1.807, 2.05) is 0 Å². The zero-order chi connectivity index (χ0) is 11.2. The Labute approximate surface area is 98.9 Å². The molecule has 0 saturated heterocycles. The van der Waals surface area contributed by atoms with Crippen LogP contribution in [0.3, 0.4) is 0 Å².